The van der Waals surface area contributed by atoms with Gasteiger partial charge >= 0.3 is 5.69 Å². The van der Waals surface area contributed by atoms with Crippen molar-refractivity contribution in [2.24, 2.45) is 5.41 Å². The molecule has 0 spiro atoms. The molecule has 0 bridgehead atoms. The number of nitrogens with one attached hydrogen (secondary N) is 2. The van der Waals surface area contributed by atoms with Crippen LogP contribution in [0.3, 0.4) is 0 Å². The molecule has 1 fully saturated rings. The lowest BCUT2D eigenvalue weighted by Gasteiger charge is -2.15. The topological polar surface area (TPSA) is 80.1 Å². The van der Waals surface area contributed by atoms with Crippen LogP contribution in [-0.2, 0) is 0 Å². The highest BCUT2D eigenvalue weighted by Gasteiger charge is 2.41. The summed E-state index contributed by atoms with van der Waals surface area (Å²) in [7, 11) is 0. The molecule has 1 aliphatic carbocycles. The zero-order valence-corrected chi connectivity index (χ0v) is 12.1. The summed E-state index contributed by atoms with van der Waals surface area (Å²) < 4.78 is 0. The maximum atomic E-state index is 11.1. The first kappa shape index (κ1) is 14.6. The summed E-state index contributed by atoms with van der Waals surface area (Å²) in [4.78, 5) is 15.0. The third kappa shape index (κ3) is 3.37. The first-order valence-corrected chi connectivity index (χ1v) is 7.23. The van der Waals surface area contributed by atoms with Gasteiger partial charge in [-0.1, -0.05) is 13.3 Å². The molecule has 1 aliphatic rings. The molecule has 0 aliphatic heterocycles. The molecule has 0 amide bonds. The van der Waals surface area contributed by atoms with Gasteiger partial charge in [0.2, 0.25) is 5.82 Å². The fourth-order valence-corrected chi connectivity index (χ4v) is 2.50. The predicted octanol–water partition coefficient (Wildman–Crippen LogP) is 3.41. The highest BCUT2D eigenvalue weighted by atomic mass is 16.6. The van der Waals surface area contributed by atoms with Gasteiger partial charge in [0.25, 0.3) is 0 Å². The summed E-state index contributed by atoms with van der Waals surface area (Å²) in [5.74, 6) is 1.04. The van der Waals surface area contributed by atoms with Gasteiger partial charge in [-0.05, 0) is 37.7 Å². The van der Waals surface area contributed by atoms with E-state index in [0.717, 1.165) is 19.5 Å². The summed E-state index contributed by atoms with van der Waals surface area (Å²) in [5, 5.41) is 17.3. The zero-order valence-electron chi connectivity index (χ0n) is 12.1. The maximum absolute atomic E-state index is 11.1. The Morgan fingerprint density at radius 2 is 2.10 bits per heavy atom. The third-order valence-electron chi connectivity index (χ3n) is 3.80. The van der Waals surface area contributed by atoms with Crippen LogP contribution >= 0.6 is 0 Å². The Morgan fingerprint density at radius 3 is 2.65 bits per heavy atom. The minimum Gasteiger partial charge on any atom is -0.370 e. The molecule has 1 aromatic rings. The summed E-state index contributed by atoms with van der Waals surface area (Å²) >= 11 is 0. The van der Waals surface area contributed by atoms with Crippen molar-refractivity contribution in [3.63, 3.8) is 0 Å². The second kappa shape index (κ2) is 6.07. The Bertz CT molecular complexity index is 486. The highest BCUT2D eigenvalue weighted by Crippen LogP contribution is 2.49. The SMILES string of the molecule is CCCC1(CNc2nc(NCC)ccc2[N+](=O)[O-])CC1. The Labute approximate surface area is 119 Å². The van der Waals surface area contributed by atoms with Crippen molar-refractivity contribution in [3.05, 3.63) is 22.2 Å². The molecule has 6 nitrogen and oxygen atoms in total. The fourth-order valence-electron chi connectivity index (χ4n) is 2.50. The smallest absolute Gasteiger partial charge is 0.311 e. The van der Waals surface area contributed by atoms with E-state index in [1.807, 2.05) is 6.92 Å². The molecule has 110 valence electrons. The number of nitrogens with zero attached hydrogens (tertiary/aromatic N) is 2. The number of aromatic nitrogens is 1. The van der Waals surface area contributed by atoms with Gasteiger partial charge in [0.1, 0.15) is 5.82 Å². The van der Waals surface area contributed by atoms with E-state index in [1.54, 1.807) is 6.07 Å². The Morgan fingerprint density at radius 1 is 1.35 bits per heavy atom. The van der Waals surface area contributed by atoms with Gasteiger partial charge in [0.05, 0.1) is 4.92 Å². The van der Waals surface area contributed by atoms with Crippen molar-refractivity contribution in [3.8, 4) is 0 Å². The van der Waals surface area contributed by atoms with Gasteiger partial charge in [0.15, 0.2) is 0 Å². The lowest BCUT2D eigenvalue weighted by molar-refractivity contribution is -0.384. The van der Waals surface area contributed by atoms with Gasteiger partial charge in [-0.3, -0.25) is 10.1 Å². The maximum Gasteiger partial charge on any atom is 0.311 e. The molecule has 0 aromatic carbocycles. The second-order valence-corrected chi connectivity index (χ2v) is 5.46. The average molecular weight is 278 g/mol. The molecule has 20 heavy (non-hydrogen) atoms. The number of hydrogen-bond acceptors (Lipinski definition) is 5. The van der Waals surface area contributed by atoms with Gasteiger partial charge in [0, 0.05) is 19.2 Å². The molecule has 1 saturated carbocycles. The van der Waals surface area contributed by atoms with Crippen molar-refractivity contribution in [2.75, 3.05) is 23.7 Å². The molecule has 1 aromatic heterocycles. The van der Waals surface area contributed by atoms with Crippen LogP contribution in [0.4, 0.5) is 17.3 Å². The van der Waals surface area contributed by atoms with Gasteiger partial charge in [-0.25, -0.2) is 4.98 Å². The summed E-state index contributed by atoms with van der Waals surface area (Å²) in [6, 6.07) is 3.15. The molecule has 0 unspecified atom stereocenters. The average Bonchev–Trinajstić information content (AvgIpc) is 3.17. The first-order chi connectivity index (χ1) is 9.60. The molecular formula is C14H22N4O2. The van der Waals surface area contributed by atoms with Crippen molar-refractivity contribution in [1.29, 1.82) is 0 Å². The second-order valence-electron chi connectivity index (χ2n) is 5.46. The molecule has 0 radical (unpaired) electrons. The van der Waals surface area contributed by atoms with Crippen LogP contribution in [0.1, 0.15) is 39.5 Å². The Hall–Kier alpha value is -1.85. The van der Waals surface area contributed by atoms with Crippen molar-refractivity contribution >= 4 is 17.3 Å². The van der Waals surface area contributed by atoms with Gasteiger partial charge in [-0.15, -0.1) is 0 Å². The standard InChI is InChI=1S/C14H22N4O2/c1-3-7-14(8-9-14)10-16-13-11(18(19)20)5-6-12(17-13)15-4-2/h5-6H,3-4,7-10H2,1-2H3,(H2,15,16,17). The van der Waals surface area contributed by atoms with Crippen LogP contribution in [0.25, 0.3) is 0 Å². The van der Waals surface area contributed by atoms with Crippen LogP contribution < -0.4 is 10.6 Å². The monoisotopic (exact) mass is 278 g/mol. The van der Waals surface area contributed by atoms with E-state index in [1.165, 1.54) is 25.3 Å². The van der Waals surface area contributed by atoms with Crippen LogP contribution in [0.15, 0.2) is 12.1 Å². The van der Waals surface area contributed by atoms with E-state index in [-0.39, 0.29) is 10.6 Å². The lowest BCUT2D eigenvalue weighted by atomic mass is 10.0. The van der Waals surface area contributed by atoms with Gasteiger partial charge in [-0.2, -0.15) is 0 Å². The van der Waals surface area contributed by atoms with Crippen LogP contribution in [0.5, 0.6) is 0 Å². The van der Waals surface area contributed by atoms with E-state index in [0.29, 0.717) is 17.1 Å². The molecular weight excluding hydrogens is 256 g/mol. The molecule has 2 N–H and O–H groups in total. The quantitative estimate of drug-likeness (QED) is 0.562. The minimum absolute atomic E-state index is 0.0407. The summed E-state index contributed by atoms with van der Waals surface area (Å²) in [6.45, 7) is 5.65. The van der Waals surface area contributed by atoms with Crippen molar-refractivity contribution in [2.45, 2.75) is 39.5 Å². The first-order valence-electron chi connectivity index (χ1n) is 7.23. The number of hydrogen-bond donors (Lipinski definition) is 2. The number of rotatable bonds is 8. The lowest BCUT2D eigenvalue weighted by Crippen LogP contribution is -2.17. The summed E-state index contributed by atoms with van der Waals surface area (Å²) in [5.41, 5.74) is 0.373. The molecule has 2 rings (SSSR count). The number of pyridine rings is 1. The molecule has 1 heterocycles. The van der Waals surface area contributed by atoms with Gasteiger partial charge < -0.3 is 10.6 Å². The number of anilines is 2. The van der Waals surface area contributed by atoms with Crippen molar-refractivity contribution < 1.29 is 4.92 Å². The van der Waals surface area contributed by atoms with E-state index in [2.05, 4.69) is 22.5 Å². The van der Waals surface area contributed by atoms with E-state index in [4.69, 9.17) is 0 Å². The Balaban J connectivity index is 2.11. The molecule has 0 saturated heterocycles. The van der Waals surface area contributed by atoms with E-state index >= 15 is 0 Å². The summed E-state index contributed by atoms with van der Waals surface area (Å²) in [6.07, 6.45) is 4.72. The predicted molar refractivity (Wildman–Crippen MR) is 80.1 cm³/mol. The minimum atomic E-state index is -0.384. The van der Waals surface area contributed by atoms with E-state index < -0.39 is 0 Å². The highest BCUT2D eigenvalue weighted by molar-refractivity contribution is 5.60. The fraction of sp³-hybridized carbons (Fsp3) is 0.643. The largest absolute Gasteiger partial charge is 0.370 e. The van der Waals surface area contributed by atoms with Crippen LogP contribution in [-0.4, -0.2) is 23.0 Å². The number of nitro groups is 1. The van der Waals surface area contributed by atoms with Crippen molar-refractivity contribution in [1.82, 2.24) is 4.98 Å². The zero-order chi connectivity index (χ0) is 14.6. The Kier molecular flexibility index (Phi) is 4.42. The molecule has 6 heteroatoms. The van der Waals surface area contributed by atoms with E-state index in [9.17, 15) is 10.1 Å². The normalized spacial score (nSPS) is 15.7. The third-order valence-corrected chi connectivity index (χ3v) is 3.80. The molecule has 0 atom stereocenters. The van der Waals surface area contributed by atoms with Crippen LogP contribution in [0.2, 0.25) is 0 Å². The van der Waals surface area contributed by atoms with Crippen LogP contribution in [0, 0.1) is 15.5 Å².